The van der Waals surface area contributed by atoms with Crippen LogP contribution in [-0.4, -0.2) is 10.2 Å². The summed E-state index contributed by atoms with van der Waals surface area (Å²) in [5.41, 5.74) is 10.3. The molecular weight excluding hydrogens is 266 g/mol. The van der Waals surface area contributed by atoms with E-state index in [4.69, 9.17) is 5.73 Å². The summed E-state index contributed by atoms with van der Waals surface area (Å²) in [5.74, 6) is 0.594. The minimum absolute atomic E-state index is 0.594. The van der Waals surface area contributed by atoms with Gasteiger partial charge in [-0.2, -0.15) is 5.10 Å². The molecule has 0 spiro atoms. The van der Waals surface area contributed by atoms with Crippen LogP contribution < -0.4 is 5.73 Å². The van der Waals surface area contributed by atoms with Gasteiger partial charge in [0.25, 0.3) is 0 Å². The number of anilines is 1. The highest BCUT2D eigenvalue weighted by atomic mass is 79.9. The molecule has 0 saturated carbocycles. The minimum atomic E-state index is 0.594. The summed E-state index contributed by atoms with van der Waals surface area (Å²) >= 11 is 3.53. The number of aromatic amines is 1. The Bertz CT molecular complexity index is 517. The number of nitrogens with one attached hydrogen (secondary N) is 1. The van der Waals surface area contributed by atoms with Crippen LogP contribution in [0.4, 0.5) is 5.82 Å². The van der Waals surface area contributed by atoms with Crippen molar-refractivity contribution in [1.82, 2.24) is 10.2 Å². The fourth-order valence-electron chi connectivity index (χ4n) is 1.84. The van der Waals surface area contributed by atoms with E-state index in [0.717, 1.165) is 27.7 Å². The third kappa shape index (κ3) is 1.73. The Morgan fingerprint density at radius 2 is 2.19 bits per heavy atom. The average molecular weight is 280 g/mol. The van der Waals surface area contributed by atoms with Gasteiger partial charge in [0, 0.05) is 15.6 Å². The van der Waals surface area contributed by atoms with Crippen LogP contribution in [0.25, 0.3) is 11.3 Å². The van der Waals surface area contributed by atoms with Crippen LogP contribution in [0.2, 0.25) is 0 Å². The number of halogens is 1. The van der Waals surface area contributed by atoms with Crippen molar-refractivity contribution in [3.8, 4) is 11.3 Å². The molecule has 1 heterocycles. The van der Waals surface area contributed by atoms with Crippen LogP contribution in [0, 0.1) is 6.92 Å². The van der Waals surface area contributed by atoms with Crippen molar-refractivity contribution < 1.29 is 0 Å². The largest absolute Gasteiger partial charge is 0.382 e. The molecule has 0 saturated heterocycles. The maximum atomic E-state index is 5.82. The molecule has 2 aromatic rings. The Morgan fingerprint density at radius 1 is 1.44 bits per heavy atom. The summed E-state index contributed by atoms with van der Waals surface area (Å²) < 4.78 is 1.10. The molecular formula is C12H14BrN3. The zero-order valence-electron chi connectivity index (χ0n) is 9.34. The minimum Gasteiger partial charge on any atom is -0.382 e. The zero-order chi connectivity index (χ0) is 11.7. The number of rotatable bonds is 2. The summed E-state index contributed by atoms with van der Waals surface area (Å²) in [6.45, 7) is 4.16. The third-order valence-corrected chi connectivity index (χ3v) is 3.65. The molecule has 2 rings (SSSR count). The number of nitrogens with two attached hydrogens (primary N) is 1. The van der Waals surface area contributed by atoms with Gasteiger partial charge in [-0.3, -0.25) is 5.10 Å². The molecule has 4 heteroatoms. The molecule has 1 aromatic carbocycles. The second-order valence-electron chi connectivity index (χ2n) is 3.73. The lowest BCUT2D eigenvalue weighted by atomic mass is 10.0. The Morgan fingerprint density at radius 3 is 2.88 bits per heavy atom. The maximum Gasteiger partial charge on any atom is 0.149 e. The maximum absolute atomic E-state index is 5.82. The molecule has 0 amide bonds. The summed E-state index contributed by atoms with van der Waals surface area (Å²) in [6, 6.07) is 6.12. The van der Waals surface area contributed by atoms with E-state index in [2.05, 4.69) is 46.0 Å². The summed E-state index contributed by atoms with van der Waals surface area (Å²) in [5, 5.41) is 7.09. The predicted molar refractivity (Wildman–Crippen MR) is 70.3 cm³/mol. The van der Waals surface area contributed by atoms with E-state index in [1.807, 2.05) is 12.1 Å². The van der Waals surface area contributed by atoms with Crippen molar-refractivity contribution >= 4 is 21.7 Å². The molecule has 0 bridgehead atoms. The molecule has 16 heavy (non-hydrogen) atoms. The van der Waals surface area contributed by atoms with Gasteiger partial charge in [-0.1, -0.05) is 35.0 Å². The first-order valence-electron chi connectivity index (χ1n) is 5.23. The topological polar surface area (TPSA) is 54.7 Å². The number of nitrogen functional groups attached to an aromatic ring is 1. The molecule has 0 fully saturated rings. The Balaban J connectivity index is 2.63. The molecule has 0 aliphatic carbocycles. The fraction of sp³-hybridized carbons (Fsp3) is 0.250. The smallest absolute Gasteiger partial charge is 0.149 e. The van der Waals surface area contributed by atoms with E-state index in [0.29, 0.717) is 5.82 Å². The van der Waals surface area contributed by atoms with Gasteiger partial charge in [0.15, 0.2) is 0 Å². The molecule has 0 unspecified atom stereocenters. The number of benzene rings is 1. The highest BCUT2D eigenvalue weighted by Gasteiger charge is 2.13. The second kappa shape index (κ2) is 4.29. The van der Waals surface area contributed by atoms with Crippen molar-refractivity contribution in [1.29, 1.82) is 0 Å². The third-order valence-electron chi connectivity index (χ3n) is 2.79. The second-order valence-corrected chi connectivity index (χ2v) is 4.58. The van der Waals surface area contributed by atoms with E-state index in [1.165, 1.54) is 5.56 Å². The van der Waals surface area contributed by atoms with Crippen LogP contribution in [0.15, 0.2) is 22.7 Å². The molecule has 0 aliphatic rings. The first-order valence-corrected chi connectivity index (χ1v) is 6.02. The van der Waals surface area contributed by atoms with Gasteiger partial charge in [0.2, 0.25) is 0 Å². The molecule has 1 aromatic heterocycles. The molecule has 0 radical (unpaired) electrons. The van der Waals surface area contributed by atoms with Crippen LogP contribution in [0.1, 0.15) is 18.1 Å². The monoisotopic (exact) mass is 279 g/mol. The summed E-state index contributed by atoms with van der Waals surface area (Å²) in [6.07, 6.45) is 0.879. The van der Waals surface area contributed by atoms with E-state index in [-0.39, 0.29) is 0 Å². The number of hydrogen-bond acceptors (Lipinski definition) is 2. The van der Waals surface area contributed by atoms with E-state index in [9.17, 15) is 0 Å². The van der Waals surface area contributed by atoms with Gasteiger partial charge in [-0.25, -0.2) is 0 Å². The summed E-state index contributed by atoms with van der Waals surface area (Å²) in [4.78, 5) is 0. The van der Waals surface area contributed by atoms with Gasteiger partial charge >= 0.3 is 0 Å². The van der Waals surface area contributed by atoms with Crippen molar-refractivity contribution in [2.75, 3.05) is 5.73 Å². The molecule has 3 N–H and O–H groups in total. The molecule has 0 aliphatic heterocycles. The van der Waals surface area contributed by atoms with Crippen molar-refractivity contribution in [2.24, 2.45) is 0 Å². The number of H-pyrrole nitrogens is 1. The fourth-order valence-corrected chi connectivity index (χ4v) is 2.20. The highest BCUT2D eigenvalue weighted by Crippen LogP contribution is 2.31. The first-order chi connectivity index (χ1) is 7.65. The Labute approximate surface area is 103 Å². The van der Waals surface area contributed by atoms with Crippen LogP contribution in [0.3, 0.4) is 0 Å². The lowest BCUT2D eigenvalue weighted by molar-refractivity contribution is 1.10. The van der Waals surface area contributed by atoms with Crippen LogP contribution in [-0.2, 0) is 6.42 Å². The van der Waals surface area contributed by atoms with Gasteiger partial charge < -0.3 is 5.73 Å². The van der Waals surface area contributed by atoms with Crippen LogP contribution >= 0.6 is 15.9 Å². The summed E-state index contributed by atoms with van der Waals surface area (Å²) in [7, 11) is 0. The standard InChI is InChI=1S/C12H14BrN3/c1-3-8-11(15-16-12(8)14)9-5-4-6-10(13)7(9)2/h4-6H,3H2,1-2H3,(H3,14,15,16). The van der Waals surface area contributed by atoms with E-state index in [1.54, 1.807) is 0 Å². The van der Waals surface area contributed by atoms with Crippen molar-refractivity contribution in [3.05, 3.63) is 33.8 Å². The van der Waals surface area contributed by atoms with E-state index < -0.39 is 0 Å². The number of nitrogens with zero attached hydrogens (tertiary/aromatic N) is 1. The number of aromatic nitrogens is 2. The highest BCUT2D eigenvalue weighted by molar-refractivity contribution is 9.10. The molecule has 84 valence electrons. The predicted octanol–water partition coefficient (Wildman–Crippen LogP) is 3.29. The van der Waals surface area contributed by atoms with Crippen molar-refractivity contribution in [3.63, 3.8) is 0 Å². The van der Waals surface area contributed by atoms with Gasteiger partial charge in [-0.15, -0.1) is 0 Å². The quantitative estimate of drug-likeness (QED) is 0.886. The van der Waals surface area contributed by atoms with Gasteiger partial charge in [0.05, 0.1) is 5.69 Å². The SMILES string of the molecule is CCc1c(N)n[nH]c1-c1cccc(Br)c1C. The molecule has 0 atom stereocenters. The van der Waals surface area contributed by atoms with Gasteiger partial charge in [0.1, 0.15) is 5.82 Å². The molecule has 3 nitrogen and oxygen atoms in total. The van der Waals surface area contributed by atoms with Crippen LogP contribution in [0.5, 0.6) is 0 Å². The number of hydrogen-bond donors (Lipinski definition) is 2. The van der Waals surface area contributed by atoms with E-state index >= 15 is 0 Å². The first kappa shape index (κ1) is 11.2. The van der Waals surface area contributed by atoms with Gasteiger partial charge in [-0.05, 0) is 25.0 Å². The lowest BCUT2D eigenvalue weighted by Crippen LogP contribution is -1.92. The Hall–Kier alpha value is -1.29. The normalized spacial score (nSPS) is 10.7. The Kier molecular flexibility index (Phi) is 3.01. The average Bonchev–Trinajstić information content (AvgIpc) is 2.63. The zero-order valence-corrected chi connectivity index (χ0v) is 10.9. The lowest BCUT2D eigenvalue weighted by Gasteiger charge is -2.07. The van der Waals surface area contributed by atoms with Crippen molar-refractivity contribution in [2.45, 2.75) is 20.3 Å².